The third-order valence-corrected chi connectivity index (χ3v) is 2.71. The fourth-order valence-electron chi connectivity index (χ4n) is 1.42. The number of rotatable bonds is 8. The molecule has 0 spiro atoms. The van der Waals surface area contributed by atoms with E-state index in [-0.39, 0.29) is 11.6 Å². The van der Waals surface area contributed by atoms with Gasteiger partial charge in [-0.05, 0) is 12.8 Å². The van der Waals surface area contributed by atoms with Gasteiger partial charge in [0.2, 0.25) is 0 Å². The Morgan fingerprint density at radius 3 is 2.53 bits per heavy atom. The molecule has 0 saturated heterocycles. The van der Waals surface area contributed by atoms with Crippen molar-refractivity contribution in [2.75, 3.05) is 13.7 Å². The maximum atomic E-state index is 11.0. The van der Waals surface area contributed by atoms with E-state index in [1.54, 1.807) is 7.11 Å². The van der Waals surface area contributed by atoms with E-state index in [0.29, 0.717) is 6.61 Å². The highest BCUT2D eigenvalue weighted by molar-refractivity contribution is 5.81. The van der Waals surface area contributed by atoms with Crippen molar-refractivity contribution in [3.8, 4) is 0 Å². The second-order valence-electron chi connectivity index (χ2n) is 3.66. The molecule has 15 heavy (non-hydrogen) atoms. The van der Waals surface area contributed by atoms with E-state index in [1.807, 2.05) is 6.92 Å². The van der Waals surface area contributed by atoms with Gasteiger partial charge >= 0.3 is 5.97 Å². The fraction of sp³-hybridized carbons (Fsp3) is 0.750. The number of unbranched alkanes of at least 4 members (excludes halogenated alkanes) is 1. The molecule has 0 aromatic heterocycles. The first-order valence-corrected chi connectivity index (χ1v) is 5.48. The molecule has 0 rings (SSSR count). The SMILES string of the molecule is C=CC(=O)OCC(CC)(CCCC)OC. The molecule has 3 nitrogen and oxygen atoms in total. The summed E-state index contributed by atoms with van der Waals surface area (Å²) in [5.41, 5.74) is -0.325. The van der Waals surface area contributed by atoms with Crippen molar-refractivity contribution in [1.29, 1.82) is 0 Å². The van der Waals surface area contributed by atoms with Crippen molar-refractivity contribution < 1.29 is 14.3 Å². The number of carbonyl (C=O) groups excluding carboxylic acids is 1. The van der Waals surface area contributed by atoms with Crippen LogP contribution in [-0.2, 0) is 14.3 Å². The molecule has 88 valence electrons. The summed E-state index contributed by atoms with van der Waals surface area (Å²) in [6.45, 7) is 7.84. The molecule has 1 atom stereocenters. The molecule has 0 fully saturated rings. The molecular formula is C12H22O3. The second kappa shape index (κ2) is 7.46. The molecule has 0 aromatic rings. The van der Waals surface area contributed by atoms with Crippen LogP contribution < -0.4 is 0 Å². The number of ether oxygens (including phenoxy) is 2. The van der Waals surface area contributed by atoms with Gasteiger partial charge in [-0.15, -0.1) is 0 Å². The van der Waals surface area contributed by atoms with Crippen molar-refractivity contribution in [2.24, 2.45) is 0 Å². The van der Waals surface area contributed by atoms with Crippen LogP contribution in [0.5, 0.6) is 0 Å². The van der Waals surface area contributed by atoms with E-state index in [9.17, 15) is 4.79 Å². The van der Waals surface area contributed by atoms with E-state index in [1.165, 1.54) is 6.08 Å². The summed E-state index contributed by atoms with van der Waals surface area (Å²) in [6.07, 6.45) is 5.12. The van der Waals surface area contributed by atoms with Gasteiger partial charge in [-0.1, -0.05) is 33.3 Å². The number of esters is 1. The molecule has 0 aromatic carbocycles. The van der Waals surface area contributed by atoms with E-state index in [4.69, 9.17) is 9.47 Å². The minimum Gasteiger partial charge on any atom is -0.459 e. The smallest absolute Gasteiger partial charge is 0.330 e. The largest absolute Gasteiger partial charge is 0.459 e. The zero-order valence-corrected chi connectivity index (χ0v) is 10.0. The normalized spacial score (nSPS) is 14.3. The van der Waals surface area contributed by atoms with Crippen molar-refractivity contribution in [1.82, 2.24) is 0 Å². The number of carbonyl (C=O) groups is 1. The van der Waals surface area contributed by atoms with Gasteiger partial charge in [0.05, 0.1) is 0 Å². The average Bonchev–Trinajstić information content (AvgIpc) is 2.30. The lowest BCUT2D eigenvalue weighted by atomic mass is 9.94. The number of hydrogen-bond acceptors (Lipinski definition) is 3. The van der Waals surface area contributed by atoms with Crippen LogP contribution in [0.25, 0.3) is 0 Å². The third kappa shape index (κ3) is 4.98. The van der Waals surface area contributed by atoms with E-state index >= 15 is 0 Å². The second-order valence-corrected chi connectivity index (χ2v) is 3.66. The van der Waals surface area contributed by atoms with Gasteiger partial charge in [0.25, 0.3) is 0 Å². The summed E-state index contributed by atoms with van der Waals surface area (Å²) in [5, 5.41) is 0. The van der Waals surface area contributed by atoms with Crippen LogP contribution in [-0.4, -0.2) is 25.3 Å². The first kappa shape index (κ1) is 14.2. The van der Waals surface area contributed by atoms with E-state index in [2.05, 4.69) is 13.5 Å². The summed E-state index contributed by atoms with van der Waals surface area (Å²) in [4.78, 5) is 11.0. The van der Waals surface area contributed by atoms with E-state index < -0.39 is 0 Å². The van der Waals surface area contributed by atoms with Gasteiger partial charge < -0.3 is 9.47 Å². The van der Waals surface area contributed by atoms with Gasteiger partial charge in [0.15, 0.2) is 0 Å². The van der Waals surface area contributed by atoms with Gasteiger partial charge in [0.1, 0.15) is 12.2 Å². The predicted molar refractivity (Wildman–Crippen MR) is 60.7 cm³/mol. The average molecular weight is 214 g/mol. The Bertz CT molecular complexity index is 195. The minimum atomic E-state index is -0.388. The molecule has 1 unspecified atom stereocenters. The van der Waals surface area contributed by atoms with E-state index in [0.717, 1.165) is 25.7 Å². The molecule has 0 amide bonds. The van der Waals surface area contributed by atoms with Crippen LogP contribution in [0.4, 0.5) is 0 Å². The van der Waals surface area contributed by atoms with Crippen LogP contribution in [0, 0.1) is 0 Å². The lowest BCUT2D eigenvalue weighted by molar-refractivity contribution is -0.149. The molecule has 0 aliphatic carbocycles. The summed E-state index contributed by atoms with van der Waals surface area (Å²) in [5.74, 6) is -0.388. The molecular weight excluding hydrogens is 192 g/mol. The molecule has 0 aliphatic heterocycles. The minimum absolute atomic E-state index is 0.310. The summed E-state index contributed by atoms with van der Waals surface area (Å²) < 4.78 is 10.5. The summed E-state index contributed by atoms with van der Waals surface area (Å²) in [7, 11) is 1.67. The first-order chi connectivity index (χ1) is 7.14. The maximum Gasteiger partial charge on any atom is 0.330 e. The first-order valence-electron chi connectivity index (χ1n) is 5.48. The maximum absolute atomic E-state index is 11.0. The highest BCUT2D eigenvalue weighted by Gasteiger charge is 2.28. The van der Waals surface area contributed by atoms with Crippen molar-refractivity contribution in [3.05, 3.63) is 12.7 Å². The summed E-state index contributed by atoms with van der Waals surface area (Å²) in [6, 6.07) is 0. The van der Waals surface area contributed by atoms with Crippen LogP contribution in [0.15, 0.2) is 12.7 Å². The zero-order valence-electron chi connectivity index (χ0n) is 10.0. The topological polar surface area (TPSA) is 35.5 Å². The van der Waals surface area contributed by atoms with Gasteiger partial charge in [0, 0.05) is 13.2 Å². The number of methoxy groups -OCH3 is 1. The summed E-state index contributed by atoms with van der Waals surface area (Å²) >= 11 is 0. The van der Waals surface area contributed by atoms with Crippen molar-refractivity contribution in [3.63, 3.8) is 0 Å². The van der Waals surface area contributed by atoms with Crippen LogP contribution in [0.2, 0.25) is 0 Å². The Kier molecular flexibility index (Phi) is 7.05. The Labute approximate surface area is 92.5 Å². The quantitative estimate of drug-likeness (QED) is 0.460. The number of hydrogen-bond donors (Lipinski definition) is 0. The predicted octanol–water partition coefficient (Wildman–Crippen LogP) is 2.70. The Morgan fingerprint density at radius 2 is 2.13 bits per heavy atom. The molecule has 0 bridgehead atoms. The van der Waals surface area contributed by atoms with Crippen molar-refractivity contribution >= 4 is 5.97 Å². The van der Waals surface area contributed by atoms with Gasteiger partial charge in [-0.2, -0.15) is 0 Å². The molecule has 0 saturated carbocycles. The fourth-order valence-corrected chi connectivity index (χ4v) is 1.42. The molecule has 0 N–H and O–H groups in total. The van der Waals surface area contributed by atoms with Gasteiger partial charge in [-0.25, -0.2) is 4.79 Å². The highest BCUT2D eigenvalue weighted by Crippen LogP contribution is 2.23. The van der Waals surface area contributed by atoms with Crippen LogP contribution in [0.1, 0.15) is 39.5 Å². The Hall–Kier alpha value is -0.830. The zero-order chi connectivity index (χ0) is 11.7. The Morgan fingerprint density at radius 1 is 1.47 bits per heavy atom. The lowest BCUT2D eigenvalue weighted by Crippen LogP contribution is -2.37. The Balaban J connectivity index is 4.22. The van der Waals surface area contributed by atoms with Crippen LogP contribution >= 0.6 is 0 Å². The van der Waals surface area contributed by atoms with Crippen molar-refractivity contribution in [2.45, 2.75) is 45.1 Å². The van der Waals surface area contributed by atoms with Crippen LogP contribution in [0.3, 0.4) is 0 Å². The molecule has 0 aliphatic rings. The third-order valence-electron chi connectivity index (χ3n) is 2.71. The lowest BCUT2D eigenvalue weighted by Gasteiger charge is -2.30. The standard InChI is InChI=1S/C12H22O3/c1-5-8-9-12(7-3,14-4)10-15-11(13)6-2/h6H,2,5,7-10H2,1,3-4H3. The monoisotopic (exact) mass is 214 g/mol. The molecule has 3 heteroatoms. The van der Waals surface area contributed by atoms with Gasteiger partial charge in [-0.3, -0.25) is 0 Å². The molecule has 0 radical (unpaired) electrons. The highest BCUT2D eigenvalue weighted by atomic mass is 16.6. The molecule has 0 heterocycles.